The van der Waals surface area contributed by atoms with Crippen molar-refractivity contribution >= 4 is 12.1 Å². The lowest BCUT2D eigenvalue weighted by Gasteiger charge is -2.09. The molecule has 1 amide bonds. The number of hydrogen-bond donors (Lipinski definition) is 1. The second-order valence-electron chi connectivity index (χ2n) is 4.81. The summed E-state index contributed by atoms with van der Waals surface area (Å²) in [5.74, 6) is 0.756. The van der Waals surface area contributed by atoms with Gasteiger partial charge in [0.05, 0.1) is 18.9 Å². The van der Waals surface area contributed by atoms with E-state index >= 15 is 0 Å². The van der Waals surface area contributed by atoms with Gasteiger partial charge in [-0.3, -0.25) is 4.79 Å². The van der Waals surface area contributed by atoms with Gasteiger partial charge in [0.2, 0.25) is 0 Å². The number of ether oxygens (including phenoxy) is 2. The van der Waals surface area contributed by atoms with E-state index < -0.39 is 12.5 Å². The van der Waals surface area contributed by atoms with Gasteiger partial charge >= 0.3 is 6.61 Å². The van der Waals surface area contributed by atoms with Gasteiger partial charge in [-0.1, -0.05) is 0 Å². The van der Waals surface area contributed by atoms with E-state index in [1.165, 1.54) is 31.5 Å². The topological polar surface area (TPSA) is 73.1 Å². The average Bonchev–Trinajstić information content (AvgIpc) is 2.86. The summed E-state index contributed by atoms with van der Waals surface area (Å²) in [4.78, 5) is 12.0. The normalized spacial score (nSPS) is 11.1. The van der Waals surface area contributed by atoms with Gasteiger partial charge in [-0.25, -0.2) is 5.43 Å². The number of hydrogen-bond acceptors (Lipinski definition) is 5. The molecule has 0 unspecified atom stereocenters. The van der Waals surface area contributed by atoms with Crippen LogP contribution in [0.2, 0.25) is 0 Å². The summed E-state index contributed by atoms with van der Waals surface area (Å²) in [5, 5.41) is 3.82. The minimum Gasteiger partial charge on any atom is -0.493 e. The molecule has 0 radical (unpaired) electrons. The minimum absolute atomic E-state index is 0.0850. The van der Waals surface area contributed by atoms with Crippen molar-refractivity contribution in [3.05, 3.63) is 46.9 Å². The summed E-state index contributed by atoms with van der Waals surface area (Å²) >= 11 is 0. The molecule has 24 heavy (non-hydrogen) atoms. The first kappa shape index (κ1) is 17.5. The van der Waals surface area contributed by atoms with Crippen LogP contribution in [0.15, 0.2) is 33.8 Å². The number of aryl methyl sites for hydroxylation is 2. The van der Waals surface area contributed by atoms with Crippen LogP contribution >= 0.6 is 0 Å². The Balaban J connectivity index is 2.06. The predicted molar refractivity (Wildman–Crippen MR) is 82.9 cm³/mol. The molecule has 1 aromatic heterocycles. The number of nitrogens with zero attached hydrogens (tertiary/aromatic N) is 1. The van der Waals surface area contributed by atoms with Crippen LogP contribution in [0, 0.1) is 13.8 Å². The van der Waals surface area contributed by atoms with Gasteiger partial charge in [-0.15, -0.1) is 0 Å². The number of benzene rings is 1. The molecule has 0 fully saturated rings. The second kappa shape index (κ2) is 7.58. The Morgan fingerprint density at radius 2 is 2.04 bits per heavy atom. The van der Waals surface area contributed by atoms with Crippen LogP contribution in [0.1, 0.15) is 27.4 Å². The molecule has 0 aliphatic rings. The first-order chi connectivity index (χ1) is 11.4. The van der Waals surface area contributed by atoms with Crippen LogP contribution < -0.4 is 14.9 Å². The maximum absolute atomic E-state index is 12.3. The fourth-order valence-corrected chi connectivity index (χ4v) is 2.04. The number of halogens is 2. The molecule has 0 saturated heterocycles. The van der Waals surface area contributed by atoms with Crippen molar-refractivity contribution in [2.24, 2.45) is 5.10 Å². The number of amides is 1. The fraction of sp³-hybridized carbons (Fsp3) is 0.250. The highest BCUT2D eigenvalue weighted by Gasteiger charge is 2.13. The minimum atomic E-state index is -2.95. The molecular formula is C16H16F2N2O4. The van der Waals surface area contributed by atoms with Gasteiger partial charge in [0.15, 0.2) is 11.5 Å². The Morgan fingerprint density at radius 1 is 1.29 bits per heavy atom. The van der Waals surface area contributed by atoms with Gasteiger partial charge in [0, 0.05) is 0 Å². The Kier molecular flexibility index (Phi) is 5.51. The van der Waals surface area contributed by atoms with Crippen LogP contribution in [0.4, 0.5) is 8.78 Å². The van der Waals surface area contributed by atoms with E-state index in [1.807, 2.05) is 0 Å². The lowest BCUT2D eigenvalue weighted by molar-refractivity contribution is -0.0512. The van der Waals surface area contributed by atoms with Crippen molar-refractivity contribution in [1.82, 2.24) is 5.43 Å². The van der Waals surface area contributed by atoms with E-state index in [0.29, 0.717) is 22.6 Å². The second-order valence-corrected chi connectivity index (χ2v) is 4.81. The molecule has 1 heterocycles. The molecular weight excluding hydrogens is 322 g/mol. The highest BCUT2D eigenvalue weighted by Crippen LogP contribution is 2.28. The van der Waals surface area contributed by atoms with Gasteiger partial charge < -0.3 is 13.9 Å². The third-order valence-electron chi connectivity index (χ3n) is 3.07. The Hall–Kier alpha value is -2.90. The quantitative estimate of drug-likeness (QED) is 0.648. The molecule has 2 aromatic rings. The molecule has 0 spiro atoms. The van der Waals surface area contributed by atoms with Gasteiger partial charge in [-0.05, 0) is 43.7 Å². The average molecular weight is 338 g/mol. The summed E-state index contributed by atoms with van der Waals surface area (Å²) in [6.45, 7) is 0.472. The number of alkyl halides is 2. The molecule has 6 nitrogen and oxygen atoms in total. The Morgan fingerprint density at radius 3 is 2.62 bits per heavy atom. The largest absolute Gasteiger partial charge is 0.493 e. The predicted octanol–water partition coefficient (Wildman–Crippen LogP) is 3.27. The van der Waals surface area contributed by atoms with Crippen molar-refractivity contribution in [3.8, 4) is 11.5 Å². The summed E-state index contributed by atoms with van der Waals surface area (Å²) in [5.41, 5.74) is 3.29. The molecule has 1 N–H and O–H groups in total. The smallest absolute Gasteiger partial charge is 0.387 e. The molecule has 0 aliphatic carbocycles. The number of hydrazone groups is 1. The number of rotatable bonds is 6. The number of carbonyl (C=O) groups is 1. The molecule has 128 valence electrons. The van der Waals surface area contributed by atoms with Crippen LogP contribution in [-0.2, 0) is 0 Å². The zero-order chi connectivity index (χ0) is 17.7. The Labute approximate surface area is 137 Å². The van der Waals surface area contributed by atoms with E-state index in [4.69, 9.17) is 9.15 Å². The standard InChI is InChI=1S/C16H16F2N2O4/c1-9-6-12(10(2)23-9)15(21)20-19-8-11-4-5-13(24-16(17)18)14(7-11)22-3/h4-8,16H,1-3H3,(H,20,21)/b19-8+. The monoisotopic (exact) mass is 338 g/mol. The molecule has 8 heteroatoms. The summed E-state index contributed by atoms with van der Waals surface area (Å²) in [6, 6.07) is 5.90. The zero-order valence-electron chi connectivity index (χ0n) is 13.3. The van der Waals surface area contributed by atoms with Crippen molar-refractivity contribution in [2.75, 3.05) is 7.11 Å². The van der Waals surface area contributed by atoms with Gasteiger partial charge in [-0.2, -0.15) is 13.9 Å². The molecule has 2 rings (SSSR count). The van der Waals surface area contributed by atoms with Crippen LogP contribution in [0.5, 0.6) is 11.5 Å². The van der Waals surface area contributed by atoms with Crippen LogP contribution in [0.3, 0.4) is 0 Å². The van der Waals surface area contributed by atoms with Crippen LogP contribution in [-0.4, -0.2) is 25.8 Å². The number of carbonyl (C=O) groups excluding carboxylic acids is 1. The maximum Gasteiger partial charge on any atom is 0.387 e. The number of methoxy groups -OCH3 is 1. The molecule has 0 bridgehead atoms. The van der Waals surface area contributed by atoms with E-state index in [0.717, 1.165) is 0 Å². The molecule has 0 aliphatic heterocycles. The third-order valence-corrected chi connectivity index (χ3v) is 3.07. The first-order valence-electron chi connectivity index (χ1n) is 6.94. The maximum atomic E-state index is 12.3. The number of furan rings is 1. The lowest BCUT2D eigenvalue weighted by atomic mass is 10.2. The fourth-order valence-electron chi connectivity index (χ4n) is 2.04. The molecule has 0 saturated carbocycles. The summed E-state index contributed by atoms with van der Waals surface area (Å²) in [6.07, 6.45) is 1.36. The van der Waals surface area contributed by atoms with Gasteiger partial charge in [0.25, 0.3) is 5.91 Å². The molecule has 1 aromatic carbocycles. The van der Waals surface area contributed by atoms with Gasteiger partial charge in [0.1, 0.15) is 11.5 Å². The van der Waals surface area contributed by atoms with Crippen molar-refractivity contribution < 1.29 is 27.5 Å². The van der Waals surface area contributed by atoms with E-state index in [1.54, 1.807) is 19.9 Å². The van der Waals surface area contributed by atoms with Crippen molar-refractivity contribution in [3.63, 3.8) is 0 Å². The first-order valence-corrected chi connectivity index (χ1v) is 6.94. The highest BCUT2D eigenvalue weighted by molar-refractivity contribution is 5.95. The van der Waals surface area contributed by atoms with Crippen molar-refractivity contribution in [1.29, 1.82) is 0 Å². The van der Waals surface area contributed by atoms with Crippen molar-refractivity contribution in [2.45, 2.75) is 20.5 Å². The summed E-state index contributed by atoms with van der Waals surface area (Å²) < 4.78 is 39.1. The highest BCUT2D eigenvalue weighted by atomic mass is 19.3. The number of nitrogens with one attached hydrogen (secondary N) is 1. The van der Waals surface area contributed by atoms with E-state index in [-0.39, 0.29) is 11.5 Å². The summed E-state index contributed by atoms with van der Waals surface area (Å²) in [7, 11) is 1.33. The van der Waals surface area contributed by atoms with Crippen LogP contribution in [0.25, 0.3) is 0 Å². The zero-order valence-corrected chi connectivity index (χ0v) is 13.3. The Bertz CT molecular complexity index is 757. The lowest BCUT2D eigenvalue weighted by Crippen LogP contribution is -2.17. The SMILES string of the molecule is COc1cc(/C=N/NC(=O)c2cc(C)oc2C)ccc1OC(F)F. The van der Waals surface area contributed by atoms with E-state index in [9.17, 15) is 13.6 Å². The third kappa shape index (κ3) is 4.31. The molecule has 0 atom stereocenters. The van der Waals surface area contributed by atoms with E-state index in [2.05, 4.69) is 15.3 Å².